The molecule has 3 aromatic heterocycles. The van der Waals surface area contributed by atoms with Crippen LogP contribution in [0.25, 0.3) is 22.4 Å². The van der Waals surface area contributed by atoms with Crippen molar-refractivity contribution in [1.82, 2.24) is 14.6 Å². The molecule has 0 amide bonds. The number of nitrogens with one attached hydrogen (secondary N) is 1. The molecule has 202 valence electrons. The van der Waals surface area contributed by atoms with Crippen molar-refractivity contribution in [3.8, 4) is 23.0 Å². The lowest BCUT2D eigenvalue weighted by molar-refractivity contribution is -0.135. The van der Waals surface area contributed by atoms with E-state index in [2.05, 4.69) is 15.4 Å². The highest BCUT2D eigenvalue weighted by molar-refractivity contribution is 7.99. The third-order valence-electron chi connectivity index (χ3n) is 6.00. The Balaban J connectivity index is 1.30. The number of fused-ring (bicyclic) bond motifs is 2. The third kappa shape index (κ3) is 4.74. The number of rotatable bonds is 7. The van der Waals surface area contributed by atoms with Crippen molar-refractivity contribution in [2.24, 2.45) is 0 Å². The highest BCUT2D eigenvalue weighted by atomic mass is 32.2. The molecule has 2 aliphatic heterocycles. The van der Waals surface area contributed by atoms with Crippen LogP contribution in [0.1, 0.15) is 10.6 Å². The van der Waals surface area contributed by atoms with Crippen molar-refractivity contribution in [3.05, 3.63) is 35.0 Å². The fraction of sp³-hybridized carbons (Fsp3) is 0.391. The predicted molar refractivity (Wildman–Crippen MR) is 134 cm³/mol. The van der Waals surface area contributed by atoms with Gasteiger partial charge in [0.2, 0.25) is 0 Å². The standard InChI is InChI=1S/C23H22F3N5O5S2/c1-32-12-7-16(35-11-15-19(23(24,25)26)37-20(28-15)30-3-5-34-6-4-30)13-9-18(36-17(13)8-12)14-10-31-21(27-14)38-22(29-31)33-2/h7-10,22,29H,3-6,11H2,1-2H3. The number of thioether (sulfide) groups is 1. The Bertz CT molecular complexity index is 1440. The molecule has 2 aliphatic rings. The summed E-state index contributed by atoms with van der Waals surface area (Å²) < 4.78 is 71.2. The van der Waals surface area contributed by atoms with Gasteiger partial charge in [0.15, 0.2) is 21.6 Å². The highest BCUT2D eigenvalue weighted by Gasteiger charge is 2.38. The van der Waals surface area contributed by atoms with Gasteiger partial charge in [-0.05, 0) is 17.8 Å². The van der Waals surface area contributed by atoms with Gasteiger partial charge in [-0.2, -0.15) is 13.2 Å². The minimum absolute atomic E-state index is 0.176. The third-order valence-corrected chi connectivity index (χ3v) is 8.21. The number of furan rings is 1. The van der Waals surface area contributed by atoms with E-state index >= 15 is 0 Å². The molecule has 1 N–H and O–H groups in total. The Morgan fingerprint density at radius 2 is 1.97 bits per heavy atom. The average molecular weight is 570 g/mol. The van der Waals surface area contributed by atoms with Gasteiger partial charge < -0.3 is 28.3 Å². The summed E-state index contributed by atoms with van der Waals surface area (Å²) in [4.78, 5) is 9.88. The number of hydrogen-bond acceptors (Lipinski definition) is 11. The number of benzene rings is 1. The number of ether oxygens (including phenoxy) is 4. The van der Waals surface area contributed by atoms with Crippen LogP contribution in [0.4, 0.5) is 18.3 Å². The van der Waals surface area contributed by atoms with Gasteiger partial charge in [0.25, 0.3) is 0 Å². The summed E-state index contributed by atoms with van der Waals surface area (Å²) >= 11 is 2.03. The number of nitrogens with zero attached hydrogens (tertiary/aromatic N) is 4. The van der Waals surface area contributed by atoms with E-state index in [-0.39, 0.29) is 17.9 Å². The molecule has 1 atom stereocenters. The van der Waals surface area contributed by atoms with Crippen LogP contribution in [0.5, 0.6) is 11.5 Å². The maximum absolute atomic E-state index is 13.8. The second-order valence-corrected chi connectivity index (χ2v) is 10.4. The van der Waals surface area contributed by atoms with Crippen molar-refractivity contribution < 1.29 is 36.5 Å². The number of thiazole rings is 1. The van der Waals surface area contributed by atoms with E-state index in [0.29, 0.717) is 81.9 Å². The number of morpholine rings is 1. The van der Waals surface area contributed by atoms with Crippen molar-refractivity contribution in [2.45, 2.75) is 23.5 Å². The van der Waals surface area contributed by atoms with E-state index in [0.717, 1.165) is 0 Å². The average Bonchev–Trinajstić information content (AvgIpc) is 3.68. The smallest absolute Gasteiger partial charge is 0.427 e. The van der Waals surface area contributed by atoms with Gasteiger partial charge in [0.05, 0.1) is 31.9 Å². The maximum Gasteiger partial charge on any atom is 0.427 e. The van der Waals surface area contributed by atoms with Gasteiger partial charge in [0, 0.05) is 32.3 Å². The molecule has 5 heterocycles. The van der Waals surface area contributed by atoms with E-state index in [1.165, 1.54) is 18.9 Å². The van der Waals surface area contributed by atoms with Gasteiger partial charge >= 0.3 is 6.18 Å². The first-order valence-electron chi connectivity index (χ1n) is 11.5. The van der Waals surface area contributed by atoms with E-state index in [4.69, 9.17) is 23.4 Å². The number of hydrogen-bond donors (Lipinski definition) is 1. The topological polar surface area (TPSA) is 96.0 Å². The van der Waals surface area contributed by atoms with Gasteiger partial charge in [-0.25, -0.2) is 14.6 Å². The molecule has 1 unspecified atom stereocenters. The fourth-order valence-corrected chi connectivity index (χ4v) is 5.95. The molecular formula is C23H22F3N5O5S2. The predicted octanol–water partition coefficient (Wildman–Crippen LogP) is 4.78. The van der Waals surface area contributed by atoms with Crippen molar-refractivity contribution in [1.29, 1.82) is 0 Å². The van der Waals surface area contributed by atoms with E-state index in [1.807, 2.05) is 0 Å². The molecule has 1 saturated heterocycles. The molecule has 0 bridgehead atoms. The highest BCUT2D eigenvalue weighted by Crippen LogP contribution is 2.42. The second kappa shape index (κ2) is 9.87. The summed E-state index contributed by atoms with van der Waals surface area (Å²) in [6, 6.07) is 5.04. The van der Waals surface area contributed by atoms with Crippen LogP contribution in [0.15, 0.2) is 34.0 Å². The van der Waals surface area contributed by atoms with Crippen molar-refractivity contribution in [3.63, 3.8) is 0 Å². The quantitative estimate of drug-likeness (QED) is 0.335. The molecule has 4 aromatic rings. The minimum Gasteiger partial charge on any atom is -0.496 e. The molecule has 0 aliphatic carbocycles. The SMILES string of the molecule is COc1cc(OCc2nc(N3CCOCC3)sc2C(F)(F)F)c2cc(-c3cn4c(n3)SC(OC)N4)oc2c1. The zero-order valence-corrected chi connectivity index (χ0v) is 21.8. The van der Waals surface area contributed by atoms with Crippen LogP contribution < -0.4 is 19.8 Å². The van der Waals surface area contributed by atoms with Gasteiger partial charge in [-0.1, -0.05) is 11.3 Å². The number of aromatic nitrogens is 3. The largest absolute Gasteiger partial charge is 0.496 e. The number of alkyl halides is 3. The molecule has 6 rings (SSSR count). The summed E-state index contributed by atoms with van der Waals surface area (Å²) in [6.07, 6.45) is -2.78. The Hall–Kier alpha value is -3.14. The van der Waals surface area contributed by atoms with Crippen LogP contribution in [0, 0.1) is 0 Å². The summed E-state index contributed by atoms with van der Waals surface area (Å²) in [7, 11) is 3.08. The molecule has 38 heavy (non-hydrogen) atoms. The normalized spacial score (nSPS) is 17.6. The number of anilines is 1. The molecule has 15 heteroatoms. The van der Waals surface area contributed by atoms with Crippen LogP contribution in [-0.2, 0) is 22.3 Å². The van der Waals surface area contributed by atoms with Crippen LogP contribution in [0.3, 0.4) is 0 Å². The van der Waals surface area contributed by atoms with Crippen LogP contribution >= 0.6 is 23.1 Å². The molecular weight excluding hydrogens is 547 g/mol. The van der Waals surface area contributed by atoms with E-state index < -0.39 is 11.1 Å². The molecule has 0 radical (unpaired) electrons. The Kier molecular flexibility index (Phi) is 6.53. The first-order chi connectivity index (χ1) is 18.3. The van der Waals surface area contributed by atoms with Gasteiger partial charge in [-0.15, -0.1) is 0 Å². The number of imidazole rings is 1. The minimum atomic E-state index is -4.55. The Morgan fingerprint density at radius 3 is 2.68 bits per heavy atom. The Labute approximate surface area is 222 Å². The first kappa shape index (κ1) is 25.2. The zero-order valence-electron chi connectivity index (χ0n) is 20.2. The lowest BCUT2D eigenvalue weighted by Gasteiger charge is -2.26. The molecule has 1 fully saturated rings. The maximum atomic E-state index is 13.8. The molecule has 0 saturated carbocycles. The lowest BCUT2D eigenvalue weighted by Crippen LogP contribution is -2.36. The van der Waals surface area contributed by atoms with Gasteiger partial charge in [-0.3, -0.25) is 5.43 Å². The first-order valence-corrected chi connectivity index (χ1v) is 13.2. The molecule has 10 nitrogen and oxygen atoms in total. The lowest BCUT2D eigenvalue weighted by atomic mass is 10.2. The van der Waals surface area contributed by atoms with Crippen LogP contribution in [0.2, 0.25) is 0 Å². The number of halogens is 3. The van der Waals surface area contributed by atoms with Gasteiger partial charge in [0.1, 0.15) is 40.0 Å². The molecule has 0 spiro atoms. The summed E-state index contributed by atoms with van der Waals surface area (Å²) in [5.41, 5.74) is 3.73. The summed E-state index contributed by atoms with van der Waals surface area (Å²) in [5, 5.41) is 1.58. The Morgan fingerprint density at radius 1 is 1.16 bits per heavy atom. The van der Waals surface area contributed by atoms with Crippen molar-refractivity contribution >= 4 is 39.2 Å². The molecule has 1 aromatic carbocycles. The summed E-state index contributed by atoms with van der Waals surface area (Å²) in [5.74, 6) is 1.21. The monoisotopic (exact) mass is 569 g/mol. The van der Waals surface area contributed by atoms with E-state index in [1.54, 1.807) is 41.1 Å². The summed E-state index contributed by atoms with van der Waals surface area (Å²) in [6.45, 7) is 1.47. The van der Waals surface area contributed by atoms with Crippen LogP contribution in [-0.4, -0.2) is 60.7 Å². The fourth-order valence-electron chi connectivity index (χ4n) is 4.13. The zero-order chi connectivity index (χ0) is 26.4. The number of methoxy groups -OCH3 is 2. The van der Waals surface area contributed by atoms with E-state index in [9.17, 15) is 13.2 Å². The second-order valence-electron chi connectivity index (χ2n) is 8.40. The van der Waals surface area contributed by atoms with Crippen molar-refractivity contribution in [2.75, 3.05) is 50.8 Å².